The maximum Gasteiger partial charge on any atom is 0.330 e. The van der Waals surface area contributed by atoms with Crippen molar-refractivity contribution in [2.75, 3.05) is 0 Å². The lowest BCUT2D eigenvalue weighted by molar-refractivity contribution is -0.132. The predicted molar refractivity (Wildman–Crippen MR) is 135 cm³/mol. The molecule has 4 aliphatic carbocycles. The maximum atomic E-state index is 11.1. The van der Waals surface area contributed by atoms with Crippen molar-refractivity contribution in [1.82, 2.24) is 0 Å². The Kier molecular flexibility index (Phi) is 6.25. The highest BCUT2D eigenvalue weighted by atomic mass is 16.4. The Balaban J connectivity index is 1.58. The van der Waals surface area contributed by atoms with Crippen LogP contribution in [0.4, 0.5) is 0 Å². The molecule has 33 heavy (non-hydrogen) atoms. The van der Waals surface area contributed by atoms with Crippen LogP contribution in [0.5, 0.6) is 0 Å². The fourth-order valence-electron chi connectivity index (χ4n) is 9.50. The number of aliphatic hydroxyl groups is 1. The fraction of sp³-hybridized carbons (Fsp3) is 0.833. The molecule has 2 N–H and O–H groups in total. The van der Waals surface area contributed by atoms with Crippen LogP contribution < -0.4 is 0 Å². The summed E-state index contributed by atoms with van der Waals surface area (Å²) in [6.45, 7) is 16.5. The third kappa shape index (κ3) is 3.58. The van der Waals surface area contributed by atoms with Gasteiger partial charge in [-0.05, 0) is 110 Å². The van der Waals surface area contributed by atoms with Crippen LogP contribution in [0, 0.1) is 45.3 Å². The molecule has 0 amide bonds. The molecule has 3 fully saturated rings. The van der Waals surface area contributed by atoms with E-state index in [0.717, 1.165) is 32.1 Å². The summed E-state index contributed by atoms with van der Waals surface area (Å²) in [5.74, 6) is 1.75. The van der Waals surface area contributed by atoms with Gasteiger partial charge in [0.1, 0.15) is 0 Å². The number of carboxylic acid groups (broad SMARTS) is 1. The molecule has 0 aromatic heterocycles. The molecule has 0 radical (unpaired) electrons. The number of allylic oxidation sites excluding steroid dienone is 3. The van der Waals surface area contributed by atoms with E-state index in [1.807, 2.05) is 6.08 Å². The van der Waals surface area contributed by atoms with Gasteiger partial charge in [-0.1, -0.05) is 59.3 Å². The highest BCUT2D eigenvalue weighted by Crippen LogP contribution is 2.73. The molecule has 3 saturated carbocycles. The highest BCUT2D eigenvalue weighted by molar-refractivity contribution is 5.85. The average Bonchev–Trinajstić information content (AvgIpc) is 3.02. The van der Waals surface area contributed by atoms with Crippen LogP contribution in [0.25, 0.3) is 0 Å². The zero-order chi connectivity index (χ0) is 24.4. The minimum absolute atomic E-state index is 0.00892. The minimum atomic E-state index is -0.796. The quantitative estimate of drug-likeness (QED) is 0.335. The molecule has 4 aliphatic rings. The van der Waals surface area contributed by atoms with Gasteiger partial charge in [0.05, 0.1) is 6.10 Å². The summed E-state index contributed by atoms with van der Waals surface area (Å²) < 4.78 is 0. The number of rotatable bonds is 5. The van der Waals surface area contributed by atoms with Crippen LogP contribution in [-0.2, 0) is 4.79 Å². The van der Waals surface area contributed by atoms with E-state index in [0.29, 0.717) is 40.1 Å². The van der Waals surface area contributed by atoms with Gasteiger partial charge >= 0.3 is 5.97 Å². The number of fused-ring (bicyclic) bond motifs is 5. The smallest absolute Gasteiger partial charge is 0.330 e. The largest absolute Gasteiger partial charge is 0.478 e. The van der Waals surface area contributed by atoms with Crippen LogP contribution in [-0.4, -0.2) is 22.3 Å². The van der Waals surface area contributed by atoms with E-state index in [1.54, 1.807) is 12.5 Å². The highest BCUT2D eigenvalue weighted by Gasteiger charge is 2.65. The molecule has 0 bridgehead atoms. The molecule has 8 atom stereocenters. The summed E-state index contributed by atoms with van der Waals surface area (Å²) in [4.78, 5) is 11.1. The zero-order valence-corrected chi connectivity index (χ0v) is 22.2. The topological polar surface area (TPSA) is 57.5 Å². The minimum Gasteiger partial charge on any atom is -0.478 e. The second-order valence-corrected chi connectivity index (χ2v) is 13.6. The predicted octanol–water partition coefficient (Wildman–Crippen LogP) is 7.40. The molecule has 0 heterocycles. The van der Waals surface area contributed by atoms with Crippen LogP contribution in [0.3, 0.4) is 0 Å². The number of hydrogen-bond donors (Lipinski definition) is 2. The first-order valence-corrected chi connectivity index (χ1v) is 13.6. The van der Waals surface area contributed by atoms with Gasteiger partial charge in [0.15, 0.2) is 0 Å². The van der Waals surface area contributed by atoms with Crippen molar-refractivity contribution < 1.29 is 15.0 Å². The Morgan fingerprint density at radius 1 is 1.12 bits per heavy atom. The van der Waals surface area contributed by atoms with Gasteiger partial charge in [-0.3, -0.25) is 0 Å². The van der Waals surface area contributed by atoms with Crippen molar-refractivity contribution in [3.63, 3.8) is 0 Å². The van der Waals surface area contributed by atoms with E-state index in [4.69, 9.17) is 5.11 Å². The van der Waals surface area contributed by atoms with Gasteiger partial charge in [-0.2, -0.15) is 0 Å². The van der Waals surface area contributed by atoms with Crippen molar-refractivity contribution in [2.45, 2.75) is 112 Å². The first kappa shape index (κ1) is 25.0. The molecule has 3 heteroatoms. The molecule has 186 valence electrons. The normalized spacial score (nSPS) is 45.5. The molecule has 0 aromatic carbocycles. The molecule has 0 saturated heterocycles. The fourth-order valence-corrected chi connectivity index (χ4v) is 9.50. The summed E-state index contributed by atoms with van der Waals surface area (Å²) in [5, 5.41) is 20.0. The van der Waals surface area contributed by atoms with Crippen LogP contribution in [0.2, 0.25) is 0 Å². The van der Waals surface area contributed by atoms with E-state index in [2.05, 4.69) is 47.6 Å². The summed E-state index contributed by atoms with van der Waals surface area (Å²) in [7, 11) is 0. The molecule has 0 aliphatic heterocycles. The summed E-state index contributed by atoms with van der Waals surface area (Å²) in [6, 6.07) is 0. The second kappa shape index (κ2) is 8.25. The summed E-state index contributed by atoms with van der Waals surface area (Å²) in [5.41, 5.74) is 3.13. The van der Waals surface area contributed by atoms with Gasteiger partial charge in [0.2, 0.25) is 0 Å². The number of carboxylic acids is 1. The number of aliphatic carboxylic acids is 1. The van der Waals surface area contributed by atoms with Gasteiger partial charge in [-0.25, -0.2) is 4.79 Å². The van der Waals surface area contributed by atoms with Crippen molar-refractivity contribution in [3.8, 4) is 0 Å². The van der Waals surface area contributed by atoms with Gasteiger partial charge in [-0.15, -0.1) is 0 Å². The molecule has 1 unspecified atom stereocenters. The average molecular weight is 457 g/mol. The standard InChI is InChI=1S/C30H48O3/c1-19(9-8-10-20(2)26(32)33)21-13-17-30(7)23-11-12-24-27(3,4)25(31)15-16-28(24,5)22(23)14-18-29(21,30)6/h10-11,19,21-22,24-25,31H,8-9,12-18H2,1-7H3,(H,32,33)/b20-10-/t19-,21?,22-,24-,25-,28+,29-,30+/m0/s1. The summed E-state index contributed by atoms with van der Waals surface area (Å²) >= 11 is 0. The SMILES string of the molecule is C/C(=C/CC[C@H](C)C1CC[C@]2(C)C3=CC[C@H]4C(C)(C)[C@@H](O)CC[C@]4(C)[C@H]3CC[C@@]12C)C(=O)O. The van der Waals surface area contributed by atoms with Gasteiger partial charge in [0, 0.05) is 5.57 Å². The Hall–Kier alpha value is -1.09. The van der Waals surface area contributed by atoms with E-state index >= 15 is 0 Å². The Morgan fingerprint density at radius 2 is 1.82 bits per heavy atom. The molecule has 0 aromatic rings. The molecule has 4 rings (SSSR count). The Labute approximate surface area is 202 Å². The van der Waals surface area contributed by atoms with Crippen molar-refractivity contribution in [3.05, 3.63) is 23.3 Å². The van der Waals surface area contributed by atoms with Gasteiger partial charge in [0.25, 0.3) is 0 Å². The van der Waals surface area contributed by atoms with E-state index < -0.39 is 5.97 Å². The Bertz CT molecular complexity index is 853. The van der Waals surface area contributed by atoms with Crippen molar-refractivity contribution in [1.29, 1.82) is 0 Å². The lowest BCUT2D eigenvalue weighted by Gasteiger charge is -2.64. The number of hydrogen-bond acceptors (Lipinski definition) is 2. The number of carbonyl (C=O) groups is 1. The first-order valence-electron chi connectivity index (χ1n) is 13.6. The first-order chi connectivity index (χ1) is 15.3. The van der Waals surface area contributed by atoms with Gasteiger partial charge < -0.3 is 10.2 Å². The molecule has 3 nitrogen and oxygen atoms in total. The Morgan fingerprint density at radius 3 is 2.48 bits per heavy atom. The molecule has 0 spiro atoms. The zero-order valence-electron chi connectivity index (χ0n) is 22.2. The van der Waals surface area contributed by atoms with Crippen LogP contribution >= 0.6 is 0 Å². The molecular weight excluding hydrogens is 408 g/mol. The maximum absolute atomic E-state index is 11.1. The molecular formula is C30H48O3. The summed E-state index contributed by atoms with van der Waals surface area (Å²) in [6.07, 6.45) is 14.7. The lowest BCUT2D eigenvalue weighted by atomic mass is 9.41. The third-order valence-electron chi connectivity index (χ3n) is 12.0. The lowest BCUT2D eigenvalue weighted by Crippen LogP contribution is -2.58. The van der Waals surface area contributed by atoms with E-state index in [9.17, 15) is 9.90 Å². The monoisotopic (exact) mass is 456 g/mol. The third-order valence-corrected chi connectivity index (χ3v) is 12.0. The van der Waals surface area contributed by atoms with E-state index in [1.165, 1.54) is 25.7 Å². The number of aliphatic hydroxyl groups excluding tert-OH is 1. The van der Waals surface area contributed by atoms with Crippen LogP contribution in [0.1, 0.15) is 106 Å². The van der Waals surface area contributed by atoms with E-state index in [-0.39, 0.29) is 16.9 Å². The van der Waals surface area contributed by atoms with Crippen molar-refractivity contribution >= 4 is 5.97 Å². The van der Waals surface area contributed by atoms with Crippen LogP contribution in [0.15, 0.2) is 23.3 Å². The second-order valence-electron chi connectivity index (χ2n) is 13.6. The van der Waals surface area contributed by atoms with Crippen molar-refractivity contribution in [2.24, 2.45) is 45.3 Å².